The Morgan fingerprint density at radius 3 is 2.84 bits per heavy atom. The molecular weight excluding hydrogens is 490 g/mol. The molecule has 3 aromatic rings. The summed E-state index contributed by atoms with van der Waals surface area (Å²) in [7, 11) is 0. The predicted octanol–water partition coefficient (Wildman–Crippen LogP) is 1.30. The minimum atomic E-state index is -0.725. The molecule has 14 heteroatoms. The Hall–Kier alpha value is -3.81. The Bertz CT molecular complexity index is 1110. The van der Waals surface area contributed by atoms with Crippen molar-refractivity contribution in [3.63, 3.8) is 0 Å². The minimum absolute atomic E-state index is 0.00342. The SMILES string of the molecule is CC(Oc1cccc(Br)c1)C(=O)NCCNC(=O)c1nc(Cn2cc([N+](=O)[O-])cn2)no1. The number of nitrogens with zero attached hydrogens (tertiary/aromatic N) is 5. The van der Waals surface area contributed by atoms with Crippen molar-refractivity contribution in [3.05, 3.63) is 63.0 Å². The van der Waals surface area contributed by atoms with Crippen molar-refractivity contribution in [2.24, 2.45) is 0 Å². The highest BCUT2D eigenvalue weighted by Crippen LogP contribution is 2.18. The molecule has 0 radical (unpaired) electrons. The van der Waals surface area contributed by atoms with Crippen molar-refractivity contribution in [1.82, 2.24) is 30.6 Å². The smallest absolute Gasteiger partial charge is 0.316 e. The summed E-state index contributed by atoms with van der Waals surface area (Å²) in [5.74, 6) is -0.568. The number of hydrogen-bond acceptors (Lipinski definition) is 9. The second-order valence-electron chi connectivity index (χ2n) is 6.43. The Kier molecular flexibility index (Phi) is 7.49. The van der Waals surface area contributed by atoms with Gasteiger partial charge in [-0.25, -0.2) is 0 Å². The lowest BCUT2D eigenvalue weighted by Crippen LogP contribution is -2.40. The number of nitrogens with one attached hydrogen (secondary N) is 2. The van der Waals surface area contributed by atoms with Gasteiger partial charge in [-0.15, -0.1) is 0 Å². The highest BCUT2D eigenvalue weighted by molar-refractivity contribution is 9.10. The molecule has 0 aliphatic carbocycles. The molecule has 2 N–H and O–H groups in total. The van der Waals surface area contributed by atoms with E-state index < -0.39 is 16.9 Å². The molecule has 0 fully saturated rings. The first kappa shape index (κ1) is 22.9. The first-order valence-corrected chi connectivity index (χ1v) is 10.1. The van der Waals surface area contributed by atoms with Crippen LogP contribution >= 0.6 is 15.9 Å². The highest BCUT2D eigenvalue weighted by atomic mass is 79.9. The van der Waals surface area contributed by atoms with Gasteiger partial charge in [0.05, 0.1) is 4.92 Å². The lowest BCUT2D eigenvalue weighted by molar-refractivity contribution is -0.385. The van der Waals surface area contributed by atoms with Gasteiger partial charge in [0.25, 0.3) is 5.91 Å². The van der Waals surface area contributed by atoms with E-state index in [1.807, 2.05) is 6.07 Å². The summed E-state index contributed by atoms with van der Waals surface area (Å²) in [4.78, 5) is 38.2. The molecule has 0 aliphatic rings. The van der Waals surface area contributed by atoms with Gasteiger partial charge in [0.2, 0.25) is 0 Å². The van der Waals surface area contributed by atoms with Crippen LogP contribution in [0.25, 0.3) is 0 Å². The van der Waals surface area contributed by atoms with E-state index in [-0.39, 0.29) is 42.9 Å². The molecular formula is C18H18BrN7O6. The zero-order valence-corrected chi connectivity index (χ0v) is 18.3. The van der Waals surface area contributed by atoms with Crippen molar-refractivity contribution in [1.29, 1.82) is 0 Å². The summed E-state index contributed by atoms with van der Waals surface area (Å²) >= 11 is 3.33. The lowest BCUT2D eigenvalue weighted by atomic mass is 10.3. The average Bonchev–Trinajstić information content (AvgIpc) is 3.41. The third-order valence-electron chi connectivity index (χ3n) is 3.98. The van der Waals surface area contributed by atoms with Crippen LogP contribution in [0.15, 0.2) is 45.7 Å². The summed E-state index contributed by atoms with van der Waals surface area (Å²) in [5.41, 5.74) is -0.176. The average molecular weight is 508 g/mol. The summed E-state index contributed by atoms with van der Waals surface area (Å²) in [6.45, 7) is 1.89. The topological polar surface area (TPSA) is 167 Å². The fourth-order valence-corrected chi connectivity index (χ4v) is 2.85. The molecule has 2 heterocycles. The number of amides is 2. The fraction of sp³-hybridized carbons (Fsp3) is 0.278. The van der Waals surface area contributed by atoms with Crippen LogP contribution in [0.1, 0.15) is 23.4 Å². The largest absolute Gasteiger partial charge is 0.481 e. The first-order chi connectivity index (χ1) is 15.3. The van der Waals surface area contributed by atoms with E-state index in [1.54, 1.807) is 25.1 Å². The van der Waals surface area contributed by atoms with E-state index in [2.05, 4.69) is 41.8 Å². The number of benzene rings is 1. The zero-order chi connectivity index (χ0) is 23.1. The van der Waals surface area contributed by atoms with Crippen molar-refractivity contribution < 1.29 is 23.8 Å². The summed E-state index contributed by atoms with van der Waals surface area (Å²) in [5, 5.41) is 23.3. The van der Waals surface area contributed by atoms with Crippen LogP contribution in [0.4, 0.5) is 5.69 Å². The van der Waals surface area contributed by atoms with Crippen LogP contribution in [0.5, 0.6) is 5.75 Å². The van der Waals surface area contributed by atoms with Crippen LogP contribution in [-0.4, -0.2) is 55.9 Å². The molecule has 0 spiro atoms. The molecule has 2 aromatic heterocycles. The molecule has 0 saturated heterocycles. The molecule has 3 rings (SSSR count). The molecule has 13 nitrogen and oxygen atoms in total. The van der Waals surface area contributed by atoms with Crippen LogP contribution in [0, 0.1) is 10.1 Å². The number of halogens is 1. The van der Waals surface area contributed by atoms with E-state index in [0.29, 0.717) is 5.75 Å². The maximum atomic E-state index is 12.1. The second-order valence-corrected chi connectivity index (χ2v) is 7.35. The number of carbonyl (C=O) groups excluding carboxylic acids is 2. The molecule has 1 aromatic carbocycles. The van der Waals surface area contributed by atoms with E-state index in [0.717, 1.165) is 10.7 Å². The first-order valence-electron chi connectivity index (χ1n) is 9.29. The lowest BCUT2D eigenvalue weighted by Gasteiger charge is -2.15. The Balaban J connectivity index is 1.40. The van der Waals surface area contributed by atoms with E-state index in [9.17, 15) is 19.7 Å². The number of aromatic nitrogens is 4. The quantitative estimate of drug-likeness (QED) is 0.233. The maximum absolute atomic E-state index is 12.1. The number of carbonyl (C=O) groups is 2. The van der Waals surface area contributed by atoms with Gasteiger partial charge in [0.1, 0.15) is 24.7 Å². The molecule has 0 saturated carbocycles. The van der Waals surface area contributed by atoms with E-state index in [1.165, 1.54) is 10.9 Å². The van der Waals surface area contributed by atoms with Gasteiger partial charge in [-0.1, -0.05) is 27.2 Å². The van der Waals surface area contributed by atoms with Crippen LogP contribution in [0.3, 0.4) is 0 Å². The summed E-state index contributed by atoms with van der Waals surface area (Å²) in [6.07, 6.45) is 1.57. The van der Waals surface area contributed by atoms with Gasteiger partial charge in [0, 0.05) is 17.6 Å². The number of hydrogen-bond donors (Lipinski definition) is 2. The van der Waals surface area contributed by atoms with Gasteiger partial charge < -0.3 is 19.9 Å². The number of ether oxygens (including phenoxy) is 1. The number of rotatable bonds is 10. The maximum Gasteiger partial charge on any atom is 0.316 e. The molecule has 32 heavy (non-hydrogen) atoms. The van der Waals surface area contributed by atoms with E-state index in [4.69, 9.17) is 9.26 Å². The Labute approximate surface area is 189 Å². The standard InChI is InChI=1S/C18H18BrN7O6/c1-11(31-14-4-2-3-12(19)7-14)16(27)20-5-6-21-17(28)18-23-15(24-32-18)10-25-9-13(8-22-25)26(29)30/h2-4,7-9,11H,5-6,10H2,1H3,(H,20,27)(H,21,28). The minimum Gasteiger partial charge on any atom is -0.481 e. The van der Waals surface area contributed by atoms with Crippen molar-refractivity contribution in [2.75, 3.05) is 13.1 Å². The zero-order valence-electron chi connectivity index (χ0n) is 16.7. The molecule has 168 valence electrons. The second kappa shape index (κ2) is 10.5. The number of nitro groups is 1. The Morgan fingerprint density at radius 2 is 2.12 bits per heavy atom. The summed E-state index contributed by atoms with van der Waals surface area (Å²) < 4.78 is 12.5. The molecule has 0 bridgehead atoms. The fourth-order valence-electron chi connectivity index (χ4n) is 2.47. The Morgan fingerprint density at radius 1 is 1.34 bits per heavy atom. The van der Waals surface area contributed by atoms with Crippen LogP contribution in [0.2, 0.25) is 0 Å². The van der Waals surface area contributed by atoms with Gasteiger partial charge >= 0.3 is 17.5 Å². The van der Waals surface area contributed by atoms with Crippen molar-refractivity contribution >= 4 is 33.4 Å². The van der Waals surface area contributed by atoms with Gasteiger partial charge in [0.15, 0.2) is 11.9 Å². The third-order valence-corrected chi connectivity index (χ3v) is 4.48. The van der Waals surface area contributed by atoms with Gasteiger partial charge in [-0.05, 0) is 25.1 Å². The normalized spacial score (nSPS) is 11.6. The molecule has 1 atom stereocenters. The summed E-state index contributed by atoms with van der Waals surface area (Å²) in [6, 6.07) is 7.12. The van der Waals surface area contributed by atoms with Crippen LogP contribution < -0.4 is 15.4 Å². The molecule has 0 aliphatic heterocycles. The third kappa shape index (κ3) is 6.34. The predicted molar refractivity (Wildman–Crippen MR) is 112 cm³/mol. The van der Waals surface area contributed by atoms with Gasteiger partial charge in [-0.2, -0.15) is 10.1 Å². The molecule has 2 amide bonds. The van der Waals surface area contributed by atoms with Crippen LogP contribution in [-0.2, 0) is 11.3 Å². The highest BCUT2D eigenvalue weighted by Gasteiger charge is 2.17. The monoisotopic (exact) mass is 507 g/mol. The van der Waals surface area contributed by atoms with Crippen molar-refractivity contribution in [2.45, 2.75) is 19.6 Å². The van der Waals surface area contributed by atoms with E-state index >= 15 is 0 Å². The molecule has 1 unspecified atom stereocenters. The van der Waals surface area contributed by atoms with Crippen molar-refractivity contribution in [3.8, 4) is 5.75 Å². The van der Waals surface area contributed by atoms with Gasteiger partial charge in [-0.3, -0.25) is 24.4 Å².